The number of amides is 3. The van der Waals surface area contributed by atoms with E-state index in [1.165, 1.54) is 0 Å². The van der Waals surface area contributed by atoms with Gasteiger partial charge in [0.25, 0.3) is 5.91 Å². The smallest absolute Gasteiger partial charge is 0.325 e. The molecule has 3 amide bonds. The molecule has 2 aliphatic rings. The number of ether oxygens (including phenoxy) is 2. The van der Waals surface area contributed by atoms with Crippen molar-refractivity contribution in [3.63, 3.8) is 0 Å². The third kappa shape index (κ3) is 2.36. The number of carboxylic acids is 1. The molecule has 3 rings (SSSR count). The van der Waals surface area contributed by atoms with Crippen molar-refractivity contribution >= 4 is 17.9 Å². The fraction of sp³-hybridized carbons (Fsp3) is 0.400. The average Bonchev–Trinajstić information content (AvgIpc) is 2.79. The Bertz CT molecular complexity index is 689. The predicted octanol–water partition coefficient (Wildman–Crippen LogP) is 0.699. The normalized spacial score (nSPS) is 22.9. The second kappa shape index (κ2) is 5.45. The van der Waals surface area contributed by atoms with E-state index in [0.29, 0.717) is 35.2 Å². The fourth-order valence-corrected chi connectivity index (χ4v) is 2.85. The summed E-state index contributed by atoms with van der Waals surface area (Å²) in [4.78, 5) is 36.3. The Morgan fingerprint density at radius 1 is 1.30 bits per heavy atom. The Hall–Kier alpha value is -2.77. The van der Waals surface area contributed by atoms with E-state index in [1.807, 2.05) is 0 Å². The minimum absolute atomic E-state index is 0.285. The zero-order valence-electron chi connectivity index (χ0n) is 12.5. The molecule has 0 bridgehead atoms. The highest BCUT2D eigenvalue weighted by atomic mass is 16.6. The Balaban J connectivity index is 2.00. The van der Waals surface area contributed by atoms with Crippen molar-refractivity contribution in [2.24, 2.45) is 0 Å². The summed E-state index contributed by atoms with van der Waals surface area (Å²) in [6, 6.07) is 4.30. The fourth-order valence-electron chi connectivity index (χ4n) is 2.85. The van der Waals surface area contributed by atoms with E-state index in [4.69, 9.17) is 14.6 Å². The van der Waals surface area contributed by atoms with Crippen LogP contribution < -0.4 is 14.8 Å². The van der Waals surface area contributed by atoms with Crippen LogP contribution in [0.2, 0.25) is 0 Å². The standard InChI is InChI=1S/C15H16N2O6/c1-2-15(13(20)17(8-12(18)19)14(21)16-15)9-3-4-10-11(7-9)23-6-5-22-10/h3-4,7H,2,5-6,8H2,1H3,(H,16,21)(H,18,19). The van der Waals surface area contributed by atoms with Crippen molar-refractivity contribution in [2.45, 2.75) is 18.9 Å². The number of carboxylic acid groups (broad SMARTS) is 1. The molecule has 8 nitrogen and oxygen atoms in total. The molecule has 2 heterocycles. The van der Waals surface area contributed by atoms with Gasteiger partial charge in [0.15, 0.2) is 11.5 Å². The third-order valence-electron chi connectivity index (χ3n) is 4.03. The topological polar surface area (TPSA) is 105 Å². The molecule has 122 valence electrons. The Morgan fingerprint density at radius 3 is 2.65 bits per heavy atom. The number of imide groups is 1. The van der Waals surface area contributed by atoms with Crippen LogP contribution in [0.4, 0.5) is 4.79 Å². The van der Waals surface area contributed by atoms with Crippen LogP contribution in [0.1, 0.15) is 18.9 Å². The van der Waals surface area contributed by atoms with Crippen molar-refractivity contribution in [2.75, 3.05) is 19.8 Å². The van der Waals surface area contributed by atoms with Gasteiger partial charge in [-0.05, 0) is 24.1 Å². The number of fused-ring (bicyclic) bond motifs is 1. The molecule has 1 saturated heterocycles. The number of nitrogens with zero attached hydrogens (tertiary/aromatic N) is 1. The van der Waals surface area contributed by atoms with Gasteiger partial charge in [-0.25, -0.2) is 4.79 Å². The highest BCUT2D eigenvalue weighted by Crippen LogP contribution is 2.38. The minimum Gasteiger partial charge on any atom is -0.486 e. The number of rotatable bonds is 4. The van der Waals surface area contributed by atoms with Crippen molar-refractivity contribution in [3.05, 3.63) is 23.8 Å². The van der Waals surface area contributed by atoms with Crippen molar-refractivity contribution in [3.8, 4) is 11.5 Å². The Labute approximate surface area is 132 Å². The molecule has 2 N–H and O–H groups in total. The molecule has 0 aromatic heterocycles. The highest BCUT2D eigenvalue weighted by Gasteiger charge is 2.52. The van der Waals surface area contributed by atoms with Crippen LogP contribution in [0.15, 0.2) is 18.2 Å². The van der Waals surface area contributed by atoms with Crippen LogP contribution in [0.3, 0.4) is 0 Å². The zero-order chi connectivity index (χ0) is 16.6. The van der Waals surface area contributed by atoms with Gasteiger partial charge in [-0.2, -0.15) is 0 Å². The van der Waals surface area contributed by atoms with E-state index in [9.17, 15) is 14.4 Å². The number of aliphatic carboxylic acids is 1. The van der Waals surface area contributed by atoms with Crippen LogP contribution in [0, 0.1) is 0 Å². The lowest BCUT2D eigenvalue weighted by molar-refractivity contribution is -0.143. The summed E-state index contributed by atoms with van der Waals surface area (Å²) in [5.74, 6) is -0.752. The molecule has 0 spiro atoms. The predicted molar refractivity (Wildman–Crippen MR) is 77.3 cm³/mol. The van der Waals surface area contributed by atoms with E-state index < -0.39 is 30.0 Å². The first-order valence-electron chi connectivity index (χ1n) is 7.24. The van der Waals surface area contributed by atoms with E-state index in [1.54, 1.807) is 25.1 Å². The van der Waals surface area contributed by atoms with E-state index in [2.05, 4.69) is 5.32 Å². The molecule has 1 aromatic rings. The molecular weight excluding hydrogens is 304 g/mol. The first kappa shape index (κ1) is 15.1. The van der Waals surface area contributed by atoms with Gasteiger partial charge in [0.2, 0.25) is 0 Å². The van der Waals surface area contributed by atoms with Crippen molar-refractivity contribution in [1.29, 1.82) is 0 Å². The van der Waals surface area contributed by atoms with Gasteiger partial charge in [-0.15, -0.1) is 0 Å². The maximum absolute atomic E-state index is 12.7. The first-order chi connectivity index (χ1) is 11.0. The van der Waals surface area contributed by atoms with Gasteiger partial charge >= 0.3 is 12.0 Å². The molecule has 1 aromatic carbocycles. The number of hydrogen-bond acceptors (Lipinski definition) is 5. The highest BCUT2D eigenvalue weighted by molar-refractivity contribution is 6.09. The lowest BCUT2D eigenvalue weighted by Crippen LogP contribution is -2.44. The maximum atomic E-state index is 12.7. The Morgan fingerprint density at radius 2 is 2.00 bits per heavy atom. The minimum atomic E-state index is -1.29. The molecule has 0 aliphatic carbocycles. The molecule has 2 aliphatic heterocycles. The summed E-state index contributed by atoms with van der Waals surface area (Å²) in [5, 5.41) is 11.5. The van der Waals surface area contributed by atoms with Crippen LogP contribution in [0.5, 0.6) is 11.5 Å². The zero-order valence-corrected chi connectivity index (χ0v) is 12.5. The monoisotopic (exact) mass is 320 g/mol. The number of carbonyl (C=O) groups excluding carboxylic acids is 2. The van der Waals surface area contributed by atoms with Gasteiger partial charge in [-0.1, -0.05) is 13.0 Å². The molecular formula is C15H16N2O6. The molecule has 1 unspecified atom stereocenters. The van der Waals surface area contributed by atoms with E-state index in [0.717, 1.165) is 0 Å². The number of urea groups is 1. The van der Waals surface area contributed by atoms with E-state index in [-0.39, 0.29) is 6.42 Å². The summed E-state index contributed by atoms with van der Waals surface area (Å²) >= 11 is 0. The van der Waals surface area contributed by atoms with Crippen LogP contribution in [0.25, 0.3) is 0 Å². The van der Waals surface area contributed by atoms with Crippen LogP contribution >= 0.6 is 0 Å². The molecule has 0 saturated carbocycles. The van der Waals surface area contributed by atoms with Gasteiger partial charge in [0.05, 0.1) is 0 Å². The summed E-state index contributed by atoms with van der Waals surface area (Å²) in [7, 11) is 0. The molecule has 0 radical (unpaired) electrons. The van der Waals surface area contributed by atoms with Crippen LogP contribution in [-0.4, -0.2) is 47.7 Å². The van der Waals surface area contributed by atoms with Crippen molar-refractivity contribution < 1.29 is 29.0 Å². The van der Waals surface area contributed by atoms with Crippen LogP contribution in [-0.2, 0) is 15.1 Å². The number of nitrogens with one attached hydrogen (secondary N) is 1. The lowest BCUT2D eigenvalue weighted by Gasteiger charge is -2.27. The number of benzene rings is 1. The van der Waals surface area contributed by atoms with Gasteiger partial charge in [0.1, 0.15) is 25.3 Å². The second-order valence-corrected chi connectivity index (χ2v) is 5.33. The van der Waals surface area contributed by atoms with Gasteiger partial charge in [-0.3, -0.25) is 14.5 Å². The third-order valence-corrected chi connectivity index (χ3v) is 4.03. The second-order valence-electron chi connectivity index (χ2n) is 5.33. The molecule has 1 fully saturated rings. The molecule has 23 heavy (non-hydrogen) atoms. The molecule has 8 heteroatoms. The average molecular weight is 320 g/mol. The van der Waals surface area contributed by atoms with Gasteiger partial charge < -0.3 is 19.9 Å². The summed E-state index contributed by atoms with van der Waals surface area (Å²) < 4.78 is 11.0. The first-order valence-corrected chi connectivity index (χ1v) is 7.24. The van der Waals surface area contributed by atoms with Crippen molar-refractivity contribution in [1.82, 2.24) is 10.2 Å². The molecule has 1 atom stereocenters. The summed E-state index contributed by atoms with van der Waals surface area (Å²) in [6.45, 7) is 1.94. The lowest BCUT2D eigenvalue weighted by atomic mass is 9.87. The Kier molecular flexibility index (Phi) is 3.59. The number of hydrogen-bond donors (Lipinski definition) is 2. The summed E-state index contributed by atoms with van der Waals surface area (Å²) in [5.41, 5.74) is -0.752. The largest absolute Gasteiger partial charge is 0.486 e. The maximum Gasteiger partial charge on any atom is 0.325 e. The quantitative estimate of drug-likeness (QED) is 0.791. The SMILES string of the molecule is CCC1(c2ccc3c(c2)OCCO3)NC(=O)N(CC(=O)O)C1=O. The van der Waals surface area contributed by atoms with E-state index >= 15 is 0 Å². The summed E-state index contributed by atoms with van der Waals surface area (Å²) in [6.07, 6.45) is 0.285. The number of carbonyl (C=O) groups is 3. The van der Waals surface area contributed by atoms with Gasteiger partial charge in [0, 0.05) is 0 Å².